The van der Waals surface area contributed by atoms with Crippen LogP contribution in [0, 0.1) is 5.82 Å². The maximum Gasteiger partial charge on any atom is 0.255 e. The number of hydrogen-bond acceptors (Lipinski definition) is 2. The summed E-state index contributed by atoms with van der Waals surface area (Å²) in [6, 6.07) is 7.23. The zero-order chi connectivity index (χ0) is 15.6. The molecule has 2 aromatic rings. The van der Waals surface area contributed by atoms with Crippen molar-refractivity contribution in [2.45, 2.75) is 0 Å². The molecule has 0 aromatic heterocycles. The third-order valence-corrected chi connectivity index (χ3v) is 4.06. The average Bonchev–Trinajstić information content (AvgIpc) is 2.41. The van der Waals surface area contributed by atoms with Gasteiger partial charge in [0.05, 0.1) is 21.7 Å². The number of hydrogen-bond donors (Lipinski definition) is 1. The number of carbonyl (C=O) groups is 1. The summed E-state index contributed by atoms with van der Waals surface area (Å²) >= 11 is 12.3. The minimum Gasteiger partial charge on any atom is -0.493 e. The highest BCUT2D eigenvalue weighted by molar-refractivity contribution is 9.10. The van der Waals surface area contributed by atoms with E-state index in [-0.39, 0.29) is 4.47 Å². The first-order chi connectivity index (χ1) is 9.92. The minimum absolute atomic E-state index is 0.217. The smallest absolute Gasteiger partial charge is 0.255 e. The first-order valence-electron chi connectivity index (χ1n) is 5.72. The zero-order valence-corrected chi connectivity index (χ0v) is 14.6. The first-order valence-corrected chi connectivity index (χ1v) is 7.68. The predicted octanol–water partition coefficient (Wildman–Crippen LogP) is 5.27. The molecule has 0 atom stereocenters. The molecule has 0 radical (unpaired) electrons. The van der Waals surface area contributed by atoms with Crippen LogP contribution in [0.5, 0.6) is 5.75 Å². The summed E-state index contributed by atoms with van der Waals surface area (Å²) in [5, 5.41) is 3.13. The SMILES string of the molecule is COc1c(Br)cc(Cl)cc1NC(=O)c1ccc(F)c(Br)c1. The van der Waals surface area contributed by atoms with Gasteiger partial charge in [-0.05, 0) is 62.2 Å². The number of amides is 1. The molecule has 21 heavy (non-hydrogen) atoms. The lowest BCUT2D eigenvalue weighted by molar-refractivity contribution is 0.102. The van der Waals surface area contributed by atoms with Gasteiger partial charge in [-0.1, -0.05) is 11.6 Å². The van der Waals surface area contributed by atoms with E-state index in [4.69, 9.17) is 16.3 Å². The van der Waals surface area contributed by atoms with Gasteiger partial charge in [0.2, 0.25) is 0 Å². The molecule has 0 aliphatic rings. The van der Waals surface area contributed by atoms with Crippen LogP contribution in [0.3, 0.4) is 0 Å². The third kappa shape index (κ3) is 3.75. The molecule has 1 amide bonds. The van der Waals surface area contributed by atoms with Crippen molar-refractivity contribution in [2.24, 2.45) is 0 Å². The maximum atomic E-state index is 13.2. The monoisotopic (exact) mass is 435 g/mol. The molecule has 0 saturated heterocycles. The molecule has 0 spiro atoms. The fourth-order valence-corrected chi connectivity index (χ4v) is 3.04. The lowest BCUT2D eigenvalue weighted by atomic mass is 10.2. The molecule has 0 bridgehead atoms. The number of rotatable bonds is 3. The topological polar surface area (TPSA) is 38.3 Å². The van der Waals surface area contributed by atoms with Gasteiger partial charge in [0.15, 0.2) is 5.75 Å². The van der Waals surface area contributed by atoms with E-state index in [1.165, 1.54) is 25.3 Å². The van der Waals surface area contributed by atoms with Crippen molar-refractivity contribution in [3.05, 3.63) is 55.7 Å². The predicted molar refractivity (Wildman–Crippen MR) is 87.8 cm³/mol. The molecule has 0 unspecified atom stereocenters. The van der Waals surface area contributed by atoms with Gasteiger partial charge in [-0.3, -0.25) is 4.79 Å². The quantitative estimate of drug-likeness (QED) is 0.711. The Morgan fingerprint density at radius 3 is 2.57 bits per heavy atom. The molecule has 2 aromatic carbocycles. The van der Waals surface area contributed by atoms with Gasteiger partial charge < -0.3 is 10.1 Å². The molecule has 0 saturated carbocycles. The Bertz CT molecular complexity index is 710. The number of carbonyl (C=O) groups excluding carboxylic acids is 1. The lowest BCUT2D eigenvalue weighted by Gasteiger charge is -2.12. The van der Waals surface area contributed by atoms with E-state index in [0.717, 1.165) is 0 Å². The number of halogens is 4. The summed E-state index contributed by atoms with van der Waals surface area (Å²) in [5.74, 6) is -0.383. The Morgan fingerprint density at radius 1 is 1.24 bits per heavy atom. The summed E-state index contributed by atoms with van der Waals surface area (Å²) in [4.78, 5) is 12.2. The van der Waals surface area contributed by atoms with E-state index in [2.05, 4.69) is 37.2 Å². The van der Waals surface area contributed by atoms with Crippen LogP contribution in [0.15, 0.2) is 39.3 Å². The molecular weight excluding hydrogens is 428 g/mol. The van der Waals surface area contributed by atoms with Crippen LogP contribution >= 0.6 is 43.5 Å². The second-order valence-corrected chi connectivity index (χ2v) is 6.20. The summed E-state index contributed by atoms with van der Waals surface area (Å²) in [6.45, 7) is 0. The van der Waals surface area contributed by atoms with Crippen LogP contribution in [0.4, 0.5) is 10.1 Å². The molecule has 2 rings (SSSR count). The molecule has 0 fully saturated rings. The summed E-state index contributed by atoms with van der Waals surface area (Å²) in [6.07, 6.45) is 0. The number of anilines is 1. The lowest BCUT2D eigenvalue weighted by Crippen LogP contribution is -2.13. The molecule has 1 N–H and O–H groups in total. The van der Waals surface area contributed by atoms with Crippen LogP contribution in [0.2, 0.25) is 5.02 Å². The van der Waals surface area contributed by atoms with Crippen molar-refractivity contribution >= 4 is 55.1 Å². The highest BCUT2D eigenvalue weighted by Crippen LogP contribution is 2.36. The van der Waals surface area contributed by atoms with E-state index >= 15 is 0 Å². The van der Waals surface area contributed by atoms with E-state index in [1.807, 2.05) is 0 Å². The van der Waals surface area contributed by atoms with E-state index in [0.29, 0.717) is 26.5 Å². The van der Waals surface area contributed by atoms with Gasteiger partial charge in [0, 0.05) is 10.6 Å². The third-order valence-electron chi connectivity index (χ3n) is 2.64. The molecule has 3 nitrogen and oxygen atoms in total. The van der Waals surface area contributed by atoms with Crippen LogP contribution in [0.25, 0.3) is 0 Å². The number of benzene rings is 2. The number of methoxy groups -OCH3 is 1. The fourth-order valence-electron chi connectivity index (χ4n) is 1.69. The van der Waals surface area contributed by atoms with E-state index in [9.17, 15) is 9.18 Å². The molecule has 0 aliphatic carbocycles. The van der Waals surface area contributed by atoms with Crippen molar-refractivity contribution in [3.63, 3.8) is 0 Å². The Kier molecular flexibility index (Phi) is 5.24. The van der Waals surface area contributed by atoms with Crippen LogP contribution < -0.4 is 10.1 Å². The largest absolute Gasteiger partial charge is 0.493 e. The van der Waals surface area contributed by atoms with Gasteiger partial charge in [-0.15, -0.1) is 0 Å². The molecular formula is C14H9Br2ClFNO2. The van der Waals surface area contributed by atoms with Gasteiger partial charge in [0.1, 0.15) is 5.82 Å². The fraction of sp³-hybridized carbons (Fsp3) is 0.0714. The second kappa shape index (κ2) is 6.77. The second-order valence-electron chi connectivity index (χ2n) is 4.05. The Morgan fingerprint density at radius 2 is 1.95 bits per heavy atom. The van der Waals surface area contributed by atoms with Crippen LogP contribution in [0.1, 0.15) is 10.4 Å². The summed E-state index contributed by atoms with van der Waals surface area (Å²) in [5.41, 5.74) is 0.726. The number of nitrogens with one attached hydrogen (secondary N) is 1. The van der Waals surface area contributed by atoms with E-state index in [1.54, 1.807) is 12.1 Å². The Labute approximate surface area is 142 Å². The normalized spacial score (nSPS) is 10.3. The van der Waals surface area contributed by atoms with Gasteiger partial charge in [-0.25, -0.2) is 4.39 Å². The maximum absolute atomic E-state index is 13.2. The number of ether oxygens (including phenoxy) is 1. The Balaban J connectivity index is 2.33. The van der Waals surface area contributed by atoms with Gasteiger partial charge >= 0.3 is 0 Å². The molecule has 7 heteroatoms. The van der Waals surface area contributed by atoms with Crippen molar-refractivity contribution < 1.29 is 13.9 Å². The Hall–Kier alpha value is -1.11. The standard InChI is InChI=1S/C14H9Br2ClFNO2/c1-21-13-10(16)5-8(17)6-12(13)19-14(20)7-2-3-11(18)9(15)4-7/h2-6H,1H3,(H,19,20). The average molecular weight is 437 g/mol. The zero-order valence-electron chi connectivity index (χ0n) is 10.7. The highest BCUT2D eigenvalue weighted by Gasteiger charge is 2.14. The van der Waals surface area contributed by atoms with Crippen molar-refractivity contribution in [2.75, 3.05) is 12.4 Å². The summed E-state index contributed by atoms with van der Waals surface area (Å²) < 4.78 is 19.2. The van der Waals surface area contributed by atoms with E-state index < -0.39 is 11.7 Å². The van der Waals surface area contributed by atoms with Crippen LogP contribution in [-0.2, 0) is 0 Å². The molecule has 110 valence electrons. The van der Waals surface area contributed by atoms with Crippen LogP contribution in [-0.4, -0.2) is 13.0 Å². The van der Waals surface area contributed by atoms with Gasteiger partial charge in [0.25, 0.3) is 5.91 Å². The minimum atomic E-state index is -0.436. The molecule has 0 aliphatic heterocycles. The van der Waals surface area contributed by atoms with Gasteiger partial charge in [-0.2, -0.15) is 0 Å². The van der Waals surface area contributed by atoms with Crippen molar-refractivity contribution in [3.8, 4) is 5.75 Å². The van der Waals surface area contributed by atoms with Crippen molar-refractivity contribution in [1.29, 1.82) is 0 Å². The summed E-state index contributed by atoms with van der Waals surface area (Å²) in [7, 11) is 1.48. The first kappa shape index (κ1) is 16.3. The molecule has 0 heterocycles. The highest BCUT2D eigenvalue weighted by atomic mass is 79.9. The van der Waals surface area contributed by atoms with Crippen molar-refractivity contribution in [1.82, 2.24) is 0 Å².